The van der Waals surface area contributed by atoms with Crippen molar-refractivity contribution in [1.29, 1.82) is 0 Å². The Hall–Kier alpha value is -0.250. The lowest BCUT2D eigenvalue weighted by Gasteiger charge is -2.33. The standard InChI is InChI=1S/C15H27F3N4.HI/c1-12-3-2-6-22(10-12)14(19)20-9-13-4-7-21(8-5-13)11-15(16,17)18;/h12-13H,2-11H2,1H3,(H2,19,20);1H. The number of aliphatic imine (C=N–C) groups is 1. The number of alkyl halides is 3. The maximum absolute atomic E-state index is 12.3. The molecule has 4 nitrogen and oxygen atoms in total. The van der Waals surface area contributed by atoms with E-state index in [1.54, 1.807) is 0 Å². The molecule has 2 N–H and O–H groups in total. The van der Waals surface area contributed by atoms with Gasteiger partial charge >= 0.3 is 6.18 Å². The van der Waals surface area contributed by atoms with Crippen LogP contribution in [0.2, 0.25) is 0 Å². The maximum Gasteiger partial charge on any atom is 0.401 e. The second-order valence-electron chi connectivity index (χ2n) is 6.73. The molecule has 1 atom stereocenters. The summed E-state index contributed by atoms with van der Waals surface area (Å²) in [5.74, 6) is 1.60. The van der Waals surface area contributed by atoms with E-state index in [0.29, 0.717) is 37.4 Å². The quantitative estimate of drug-likeness (QED) is 0.411. The molecule has 0 spiro atoms. The fourth-order valence-corrected chi connectivity index (χ4v) is 3.30. The van der Waals surface area contributed by atoms with Gasteiger partial charge in [0.2, 0.25) is 0 Å². The van der Waals surface area contributed by atoms with Gasteiger partial charge in [-0.3, -0.25) is 9.89 Å². The van der Waals surface area contributed by atoms with Crippen LogP contribution >= 0.6 is 24.0 Å². The van der Waals surface area contributed by atoms with Crippen molar-refractivity contribution in [3.05, 3.63) is 0 Å². The minimum absolute atomic E-state index is 0. The lowest BCUT2D eigenvalue weighted by Crippen LogP contribution is -2.44. The van der Waals surface area contributed by atoms with Gasteiger partial charge in [0.1, 0.15) is 0 Å². The maximum atomic E-state index is 12.3. The van der Waals surface area contributed by atoms with Crippen LogP contribution in [0.3, 0.4) is 0 Å². The number of guanidine groups is 1. The first kappa shape index (κ1) is 20.8. The predicted octanol–water partition coefficient (Wildman–Crippen LogP) is 2.93. The van der Waals surface area contributed by atoms with E-state index in [1.807, 2.05) is 0 Å². The second kappa shape index (κ2) is 9.29. The summed E-state index contributed by atoms with van der Waals surface area (Å²) in [6.45, 7) is 4.98. The molecule has 2 fully saturated rings. The Morgan fingerprint density at radius 1 is 1.17 bits per heavy atom. The first-order valence-electron chi connectivity index (χ1n) is 8.17. The smallest absolute Gasteiger partial charge is 0.370 e. The van der Waals surface area contributed by atoms with Gasteiger partial charge in [0, 0.05) is 19.6 Å². The largest absolute Gasteiger partial charge is 0.401 e. The fraction of sp³-hybridized carbons (Fsp3) is 0.933. The fourth-order valence-electron chi connectivity index (χ4n) is 3.30. The highest BCUT2D eigenvalue weighted by Gasteiger charge is 2.32. The lowest BCUT2D eigenvalue weighted by molar-refractivity contribution is -0.148. The minimum atomic E-state index is -4.10. The van der Waals surface area contributed by atoms with Crippen LogP contribution in [0.1, 0.15) is 32.6 Å². The van der Waals surface area contributed by atoms with Gasteiger partial charge in [-0.2, -0.15) is 13.2 Å². The molecule has 2 rings (SSSR count). The Bertz CT molecular complexity index is 381. The number of nitrogens with two attached hydrogens (primary N) is 1. The molecule has 1 unspecified atom stereocenters. The third-order valence-electron chi connectivity index (χ3n) is 4.60. The van der Waals surface area contributed by atoms with Gasteiger partial charge in [-0.15, -0.1) is 24.0 Å². The molecule has 2 aliphatic rings. The molecule has 0 aromatic rings. The van der Waals surface area contributed by atoms with Crippen LogP contribution in [-0.2, 0) is 0 Å². The van der Waals surface area contributed by atoms with E-state index in [-0.39, 0.29) is 24.0 Å². The van der Waals surface area contributed by atoms with E-state index < -0.39 is 12.7 Å². The highest BCUT2D eigenvalue weighted by atomic mass is 127. The molecule has 8 heteroatoms. The lowest BCUT2D eigenvalue weighted by atomic mass is 9.97. The summed E-state index contributed by atoms with van der Waals surface area (Å²) >= 11 is 0. The average Bonchev–Trinajstić information content (AvgIpc) is 2.44. The zero-order valence-corrected chi connectivity index (χ0v) is 16.0. The first-order chi connectivity index (χ1) is 10.3. The van der Waals surface area contributed by atoms with Crippen molar-refractivity contribution in [2.24, 2.45) is 22.6 Å². The Morgan fingerprint density at radius 3 is 2.39 bits per heavy atom. The van der Waals surface area contributed by atoms with Gasteiger partial charge in [-0.1, -0.05) is 6.92 Å². The van der Waals surface area contributed by atoms with Gasteiger partial charge in [0.25, 0.3) is 0 Å². The van der Waals surface area contributed by atoms with Gasteiger partial charge < -0.3 is 10.6 Å². The van der Waals surface area contributed by atoms with Gasteiger partial charge in [-0.05, 0) is 50.6 Å². The molecule has 2 heterocycles. The Balaban J connectivity index is 0.00000264. The van der Waals surface area contributed by atoms with E-state index in [1.165, 1.54) is 11.3 Å². The molecular weight excluding hydrogens is 420 g/mol. The van der Waals surface area contributed by atoms with Crippen molar-refractivity contribution in [2.45, 2.75) is 38.8 Å². The molecule has 0 aromatic carbocycles. The first-order valence-corrected chi connectivity index (χ1v) is 8.17. The number of likely N-dealkylation sites (tertiary alicyclic amines) is 2. The van der Waals surface area contributed by atoms with E-state index in [9.17, 15) is 13.2 Å². The molecular formula is C15H28F3IN4. The number of halogens is 4. The van der Waals surface area contributed by atoms with Crippen LogP contribution in [0.5, 0.6) is 0 Å². The summed E-state index contributed by atoms with van der Waals surface area (Å²) < 4.78 is 37.0. The van der Waals surface area contributed by atoms with Crippen LogP contribution in [0.4, 0.5) is 13.2 Å². The van der Waals surface area contributed by atoms with Crippen molar-refractivity contribution >= 4 is 29.9 Å². The molecule has 136 valence electrons. The second-order valence-corrected chi connectivity index (χ2v) is 6.73. The zero-order valence-electron chi connectivity index (χ0n) is 13.7. The summed E-state index contributed by atoms with van der Waals surface area (Å²) in [6, 6.07) is 0. The van der Waals surface area contributed by atoms with E-state index in [2.05, 4.69) is 16.8 Å². The van der Waals surface area contributed by atoms with Crippen molar-refractivity contribution in [3.8, 4) is 0 Å². The van der Waals surface area contributed by atoms with Crippen LogP contribution in [0, 0.1) is 11.8 Å². The molecule has 2 aliphatic heterocycles. The van der Waals surface area contributed by atoms with Gasteiger partial charge in [-0.25, -0.2) is 0 Å². The van der Waals surface area contributed by atoms with Gasteiger partial charge in [0.15, 0.2) is 5.96 Å². The molecule has 0 aliphatic carbocycles. The SMILES string of the molecule is CC1CCCN(C(N)=NCC2CCN(CC(F)(F)F)CC2)C1.I. The van der Waals surface area contributed by atoms with Crippen molar-refractivity contribution in [3.63, 3.8) is 0 Å². The third kappa shape index (κ3) is 7.45. The normalized spacial score (nSPS) is 25.3. The molecule has 0 saturated carbocycles. The molecule has 0 radical (unpaired) electrons. The van der Waals surface area contributed by atoms with E-state index in [4.69, 9.17) is 5.73 Å². The number of rotatable bonds is 3. The highest BCUT2D eigenvalue weighted by Crippen LogP contribution is 2.23. The summed E-state index contributed by atoms with van der Waals surface area (Å²) in [5.41, 5.74) is 6.06. The summed E-state index contributed by atoms with van der Waals surface area (Å²) in [5, 5.41) is 0. The van der Waals surface area contributed by atoms with Crippen molar-refractivity contribution in [1.82, 2.24) is 9.80 Å². The van der Waals surface area contributed by atoms with E-state index in [0.717, 1.165) is 32.4 Å². The van der Waals surface area contributed by atoms with Crippen molar-refractivity contribution < 1.29 is 13.2 Å². The Labute approximate surface area is 153 Å². The molecule has 23 heavy (non-hydrogen) atoms. The van der Waals surface area contributed by atoms with Crippen molar-refractivity contribution in [2.75, 3.05) is 39.3 Å². The number of nitrogens with zero attached hydrogens (tertiary/aromatic N) is 3. The molecule has 0 aromatic heterocycles. The Kier molecular flexibility index (Phi) is 8.40. The number of hydrogen-bond acceptors (Lipinski definition) is 2. The van der Waals surface area contributed by atoms with Crippen LogP contribution in [0.25, 0.3) is 0 Å². The van der Waals surface area contributed by atoms with Crippen LogP contribution in [0.15, 0.2) is 4.99 Å². The molecule has 2 saturated heterocycles. The minimum Gasteiger partial charge on any atom is -0.370 e. The summed E-state index contributed by atoms with van der Waals surface area (Å²) in [7, 11) is 0. The highest BCUT2D eigenvalue weighted by molar-refractivity contribution is 14.0. The Morgan fingerprint density at radius 2 is 1.83 bits per heavy atom. The summed E-state index contributed by atoms with van der Waals surface area (Å²) in [4.78, 5) is 8.10. The monoisotopic (exact) mass is 448 g/mol. The van der Waals surface area contributed by atoms with Gasteiger partial charge in [0.05, 0.1) is 6.54 Å². The van der Waals surface area contributed by atoms with Crippen LogP contribution < -0.4 is 5.73 Å². The van der Waals surface area contributed by atoms with Crippen LogP contribution in [-0.4, -0.2) is 61.2 Å². The predicted molar refractivity (Wildman–Crippen MR) is 97.1 cm³/mol. The molecule has 0 bridgehead atoms. The number of piperidine rings is 2. The zero-order chi connectivity index (χ0) is 16.2. The number of hydrogen-bond donors (Lipinski definition) is 1. The molecule has 0 amide bonds. The van der Waals surface area contributed by atoms with E-state index >= 15 is 0 Å². The third-order valence-corrected chi connectivity index (χ3v) is 4.60. The summed E-state index contributed by atoms with van der Waals surface area (Å²) in [6.07, 6.45) is -0.179. The topological polar surface area (TPSA) is 44.9 Å². The average molecular weight is 448 g/mol.